The molecule has 2 saturated heterocycles. The molecule has 0 aromatic carbocycles. The summed E-state index contributed by atoms with van der Waals surface area (Å²) in [6, 6.07) is -1.17. The van der Waals surface area contributed by atoms with Crippen LogP contribution >= 0.6 is 0 Å². The lowest BCUT2D eigenvalue weighted by Crippen LogP contribution is -2.61. The van der Waals surface area contributed by atoms with E-state index in [0.717, 1.165) is 12.0 Å². The number of ether oxygens (including phenoxy) is 8. The van der Waals surface area contributed by atoms with Crippen molar-refractivity contribution in [3.05, 3.63) is 47.6 Å². The molecular formula is C57H91NO16. The number of methoxy groups -OCH3 is 3. The molecule has 3 N–H and O–H groups in total. The van der Waals surface area contributed by atoms with Crippen LogP contribution < -0.4 is 0 Å². The van der Waals surface area contributed by atoms with Crippen LogP contribution in [-0.2, 0) is 61.9 Å². The number of aliphatic hydroxyl groups excluding tert-OH is 2. The summed E-state index contributed by atoms with van der Waals surface area (Å²) < 4.78 is 47.0. The van der Waals surface area contributed by atoms with E-state index >= 15 is 0 Å². The second kappa shape index (κ2) is 31.7. The van der Waals surface area contributed by atoms with E-state index in [2.05, 4.69) is 0 Å². The van der Waals surface area contributed by atoms with Gasteiger partial charge in [0.2, 0.25) is 5.79 Å². The second-order valence-electron chi connectivity index (χ2n) is 21.4. The number of allylic oxidation sites excluding steroid dienone is 6. The van der Waals surface area contributed by atoms with Gasteiger partial charge in [0.1, 0.15) is 30.1 Å². The Bertz CT molecular complexity index is 1920. The first kappa shape index (κ1) is 63.0. The van der Waals surface area contributed by atoms with E-state index < -0.39 is 77.8 Å². The van der Waals surface area contributed by atoms with Gasteiger partial charge in [-0.15, -0.1) is 0 Å². The molecule has 17 nitrogen and oxygen atoms in total. The Kier molecular flexibility index (Phi) is 27.0. The predicted molar refractivity (Wildman–Crippen MR) is 278 cm³/mol. The molecule has 1 saturated carbocycles. The number of piperidine rings is 1. The number of ketones is 3. The van der Waals surface area contributed by atoms with E-state index in [-0.39, 0.29) is 87.2 Å². The summed E-state index contributed by atoms with van der Waals surface area (Å²) in [7, 11) is 4.60. The van der Waals surface area contributed by atoms with E-state index in [4.69, 9.17) is 37.9 Å². The molecule has 1 aliphatic carbocycles. The number of cyclic esters (lactones) is 1. The van der Waals surface area contributed by atoms with E-state index in [1.54, 1.807) is 41.1 Å². The molecule has 2 bridgehead atoms. The number of carbonyl (C=O) groups excluding carboxylic acids is 5. The summed E-state index contributed by atoms with van der Waals surface area (Å²) in [6.45, 7) is 14.2. The number of carbonyl (C=O) groups is 5. The van der Waals surface area contributed by atoms with Crippen molar-refractivity contribution in [1.82, 2.24) is 4.90 Å². The molecule has 1 amide bonds. The minimum Gasteiger partial charge on any atom is -0.460 e. The maximum absolute atomic E-state index is 14.6. The maximum Gasteiger partial charge on any atom is 0.329 e. The molecule has 0 aromatic rings. The van der Waals surface area contributed by atoms with Crippen LogP contribution in [0.25, 0.3) is 0 Å². The van der Waals surface area contributed by atoms with Gasteiger partial charge in [-0.05, 0) is 107 Å². The SMILES string of the molecule is COCCOCCO[C@@H]1C[C@@H]2CC[C@@H](C)[C@@](O)(O2)C(=O)C(=O)N2CCCC[C@H]2C(=O)O[C@H]([C@H](C)C[C@@H]2CC[C@@H](OCCO)[C@H](OC)C2)CC(=O)[C@H](C)/C=C(\C)[C@@H](O)[C@@H](OC)C(=O)[C@H](C)C[C@H](C)/C=C/C=C/C=C/1C. The molecule has 420 valence electrons. The second-order valence-corrected chi connectivity index (χ2v) is 21.4. The first-order valence-electron chi connectivity index (χ1n) is 27.2. The third kappa shape index (κ3) is 18.3. The highest BCUT2D eigenvalue weighted by Crippen LogP contribution is 2.38. The Morgan fingerprint density at radius 1 is 0.811 bits per heavy atom. The first-order valence-corrected chi connectivity index (χ1v) is 27.2. The topological polar surface area (TPSA) is 223 Å². The van der Waals surface area contributed by atoms with Crippen LogP contribution in [0, 0.1) is 35.5 Å². The zero-order valence-electron chi connectivity index (χ0n) is 46.1. The molecule has 0 radical (unpaired) electrons. The standard InChI is InChI=1S/C57H91NO16/c1-36-16-12-11-13-17-37(2)48(72-29-28-70-27-26-67-8)34-44-21-19-42(7)57(66,74-44)54(63)55(64)58-23-15-14-18-45(58)56(65)73-49(39(4)32-43-20-22-47(71-25-24-59)50(33-43)68-9)35-46(60)38(3)31-41(6)52(62)53(69-10)51(61)40(5)30-36/h11-13,16-17,31,36,38-40,42-45,47-50,52-53,59,62,66H,14-15,18-30,32-35H2,1-10H3/b13-11+,16-12+,37-17+,41-31+/t36-,38-,39-,40-,42-,43+,44+,45+,47-,48-,49+,50-,52-,53+,57-/m1/s1. The average Bonchev–Trinajstić information content (AvgIpc) is 3.38. The molecule has 0 unspecified atom stereocenters. The number of hydrogen-bond acceptors (Lipinski definition) is 16. The third-order valence-corrected chi connectivity index (χ3v) is 15.6. The zero-order valence-corrected chi connectivity index (χ0v) is 46.1. The molecule has 0 spiro atoms. The molecule has 4 aliphatic rings. The number of hydrogen-bond donors (Lipinski definition) is 3. The Morgan fingerprint density at radius 2 is 1.55 bits per heavy atom. The number of fused-ring (bicyclic) bond motifs is 3. The van der Waals surface area contributed by atoms with E-state index in [1.807, 2.05) is 58.1 Å². The van der Waals surface area contributed by atoms with Gasteiger partial charge in [0.05, 0.1) is 64.1 Å². The van der Waals surface area contributed by atoms with Crippen molar-refractivity contribution in [3.63, 3.8) is 0 Å². The van der Waals surface area contributed by atoms with Crippen molar-refractivity contribution in [2.24, 2.45) is 35.5 Å². The first-order chi connectivity index (χ1) is 35.3. The predicted octanol–water partition coefficient (Wildman–Crippen LogP) is 6.23. The Labute approximate surface area is 440 Å². The van der Waals surface area contributed by atoms with Crippen molar-refractivity contribution >= 4 is 29.2 Å². The van der Waals surface area contributed by atoms with Gasteiger partial charge >= 0.3 is 5.97 Å². The van der Waals surface area contributed by atoms with Gasteiger partial charge in [-0.1, -0.05) is 71.1 Å². The molecule has 15 atom stereocenters. The van der Waals surface area contributed by atoms with Gasteiger partial charge in [0.15, 0.2) is 5.78 Å². The summed E-state index contributed by atoms with van der Waals surface area (Å²) in [6.07, 6.45) is 11.5. The molecule has 3 fully saturated rings. The molecule has 3 heterocycles. The molecule has 74 heavy (non-hydrogen) atoms. The lowest BCUT2D eigenvalue weighted by molar-refractivity contribution is -0.266. The summed E-state index contributed by atoms with van der Waals surface area (Å²) in [4.78, 5) is 72.8. The number of esters is 1. The minimum absolute atomic E-state index is 0.00969. The van der Waals surface area contributed by atoms with Crippen molar-refractivity contribution in [2.45, 2.75) is 180 Å². The zero-order chi connectivity index (χ0) is 54.5. The summed E-state index contributed by atoms with van der Waals surface area (Å²) in [5.41, 5.74) is 1.22. The highest BCUT2D eigenvalue weighted by molar-refractivity contribution is 6.39. The molecular weight excluding hydrogens is 955 g/mol. The van der Waals surface area contributed by atoms with Crippen LogP contribution in [0.3, 0.4) is 0 Å². The number of rotatable bonds is 15. The normalized spacial score (nSPS) is 37.0. The summed E-state index contributed by atoms with van der Waals surface area (Å²) in [5.74, 6) is -8.19. The lowest BCUT2D eigenvalue weighted by Gasteiger charge is -2.43. The minimum atomic E-state index is -2.48. The highest BCUT2D eigenvalue weighted by atomic mass is 16.6. The van der Waals surface area contributed by atoms with E-state index in [9.17, 15) is 39.3 Å². The molecule has 17 heteroatoms. The average molecular weight is 1050 g/mol. The maximum atomic E-state index is 14.6. The number of aliphatic hydroxyl groups is 3. The molecule has 4 rings (SSSR count). The smallest absolute Gasteiger partial charge is 0.329 e. The van der Waals surface area contributed by atoms with Crippen LogP contribution in [-0.4, -0.2) is 172 Å². The lowest BCUT2D eigenvalue weighted by atomic mass is 9.78. The van der Waals surface area contributed by atoms with Gasteiger partial charge in [-0.3, -0.25) is 19.2 Å². The van der Waals surface area contributed by atoms with E-state index in [1.165, 1.54) is 12.0 Å². The van der Waals surface area contributed by atoms with Gasteiger partial charge in [0.25, 0.3) is 11.7 Å². The largest absolute Gasteiger partial charge is 0.460 e. The van der Waals surface area contributed by atoms with Crippen LogP contribution in [0.2, 0.25) is 0 Å². The fourth-order valence-electron chi connectivity index (χ4n) is 10.9. The Hall–Kier alpha value is -3.49. The van der Waals surface area contributed by atoms with Gasteiger partial charge < -0.3 is 58.1 Å². The molecule has 0 aromatic heterocycles. The fourth-order valence-corrected chi connectivity index (χ4v) is 10.9. The van der Waals surface area contributed by atoms with Crippen LogP contribution in [0.15, 0.2) is 47.6 Å². The van der Waals surface area contributed by atoms with Crippen LogP contribution in [0.1, 0.15) is 126 Å². The van der Waals surface area contributed by atoms with E-state index in [0.29, 0.717) is 76.8 Å². The summed E-state index contributed by atoms with van der Waals surface area (Å²) in [5, 5.41) is 33.1. The highest BCUT2D eigenvalue weighted by Gasteiger charge is 2.53. The van der Waals surface area contributed by atoms with Crippen LogP contribution in [0.4, 0.5) is 0 Å². The fraction of sp³-hybridized carbons (Fsp3) is 0.772. The van der Waals surface area contributed by atoms with Crippen molar-refractivity contribution < 1.29 is 77.2 Å². The number of Topliss-reactive ketones (excluding diaryl/α,β-unsaturated/α-hetero) is 3. The van der Waals surface area contributed by atoms with Crippen molar-refractivity contribution in [1.29, 1.82) is 0 Å². The monoisotopic (exact) mass is 1050 g/mol. The summed E-state index contributed by atoms with van der Waals surface area (Å²) >= 11 is 0. The Balaban J connectivity index is 1.71. The molecule has 3 aliphatic heterocycles. The van der Waals surface area contributed by atoms with Crippen molar-refractivity contribution in [3.8, 4) is 0 Å². The number of nitrogens with zero attached hydrogens (tertiary/aromatic N) is 1. The van der Waals surface area contributed by atoms with Gasteiger partial charge in [0, 0.05) is 58.5 Å². The van der Waals surface area contributed by atoms with Gasteiger partial charge in [-0.2, -0.15) is 0 Å². The quantitative estimate of drug-likeness (QED) is 0.0716. The Morgan fingerprint density at radius 3 is 2.26 bits per heavy atom. The van der Waals surface area contributed by atoms with Crippen LogP contribution in [0.5, 0.6) is 0 Å². The third-order valence-electron chi connectivity index (χ3n) is 15.6. The van der Waals surface area contributed by atoms with Crippen molar-refractivity contribution in [2.75, 3.05) is 67.5 Å². The van der Waals surface area contributed by atoms with Gasteiger partial charge in [-0.25, -0.2) is 4.79 Å². The number of amides is 1.